The van der Waals surface area contributed by atoms with Gasteiger partial charge in [0.05, 0.1) is 10.5 Å². The summed E-state index contributed by atoms with van der Waals surface area (Å²) in [6.45, 7) is 0.868. The number of halogens is 2. The van der Waals surface area contributed by atoms with Crippen LogP contribution in [0.25, 0.3) is 0 Å². The first-order valence-corrected chi connectivity index (χ1v) is 5.95. The molecule has 1 amide bonds. The molecule has 1 atom stereocenters. The molecular weight excluding hydrogens is 275 g/mol. The summed E-state index contributed by atoms with van der Waals surface area (Å²) in [4.78, 5) is 11.7. The molecule has 0 aromatic heterocycles. The molecule has 1 aliphatic heterocycles. The Hall–Kier alpha value is -0.940. The second-order valence-corrected chi connectivity index (χ2v) is 4.62. The largest absolute Gasteiger partial charge is 0.325 e. The summed E-state index contributed by atoms with van der Waals surface area (Å²) in [5, 5.41) is 5.78. The van der Waals surface area contributed by atoms with Crippen molar-refractivity contribution in [1.29, 1.82) is 0 Å². The molecule has 0 spiro atoms. The van der Waals surface area contributed by atoms with Crippen molar-refractivity contribution >= 4 is 27.5 Å². The van der Waals surface area contributed by atoms with Crippen LogP contribution in [0, 0.1) is 5.82 Å². The van der Waals surface area contributed by atoms with Gasteiger partial charge in [-0.2, -0.15) is 0 Å². The van der Waals surface area contributed by atoms with E-state index in [0.29, 0.717) is 10.2 Å². The van der Waals surface area contributed by atoms with Gasteiger partial charge in [0, 0.05) is 5.69 Å². The number of hydrogen-bond donors (Lipinski definition) is 2. The molecule has 0 unspecified atom stereocenters. The zero-order valence-corrected chi connectivity index (χ0v) is 10.2. The van der Waals surface area contributed by atoms with Crippen LogP contribution in [0.2, 0.25) is 0 Å². The molecule has 1 aromatic carbocycles. The number of benzene rings is 1. The van der Waals surface area contributed by atoms with E-state index in [0.717, 1.165) is 19.4 Å². The molecule has 2 N–H and O–H groups in total. The first kappa shape index (κ1) is 11.5. The molecule has 5 heteroatoms. The number of rotatable bonds is 2. The summed E-state index contributed by atoms with van der Waals surface area (Å²) in [5.74, 6) is -0.476. The van der Waals surface area contributed by atoms with Crippen LogP contribution < -0.4 is 10.6 Å². The Morgan fingerprint density at radius 1 is 1.56 bits per heavy atom. The molecule has 0 radical (unpaired) electrons. The SMILES string of the molecule is O=C(Nc1ccc(Br)c(F)c1)[C@@H]1CCCN1. The molecule has 0 aliphatic carbocycles. The van der Waals surface area contributed by atoms with Gasteiger partial charge in [-0.3, -0.25) is 4.79 Å². The monoisotopic (exact) mass is 286 g/mol. The lowest BCUT2D eigenvalue weighted by Crippen LogP contribution is -2.35. The van der Waals surface area contributed by atoms with Crippen molar-refractivity contribution in [3.05, 3.63) is 28.5 Å². The van der Waals surface area contributed by atoms with Gasteiger partial charge in [0.2, 0.25) is 5.91 Å². The van der Waals surface area contributed by atoms with Crippen LogP contribution in [0.5, 0.6) is 0 Å². The van der Waals surface area contributed by atoms with Crippen LogP contribution in [0.3, 0.4) is 0 Å². The molecule has 16 heavy (non-hydrogen) atoms. The number of hydrogen-bond acceptors (Lipinski definition) is 2. The average molecular weight is 287 g/mol. The summed E-state index contributed by atoms with van der Waals surface area (Å²) in [7, 11) is 0. The van der Waals surface area contributed by atoms with Crippen LogP contribution >= 0.6 is 15.9 Å². The van der Waals surface area contributed by atoms with Gasteiger partial charge in [0.1, 0.15) is 5.82 Å². The molecular formula is C11H12BrFN2O. The van der Waals surface area contributed by atoms with E-state index in [9.17, 15) is 9.18 Å². The van der Waals surface area contributed by atoms with Crippen LogP contribution in [0.1, 0.15) is 12.8 Å². The van der Waals surface area contributed by atoms with Crippen molar-refractivity contribution in [2.45, 2.75) is 18.9 Å². The summed E-state index contributed by atoms with van der Waals surface area (Å²) in [6.07, 6.45) is 1.84. The maximum atomic E-state index is 13.2. The van der Waals surface area contributed by atoms with Crippen molar-refractivity contribution < 1.29 is 9.18 Å². The average Bonchev–Trinajstić information content (AvgIpc) is 2.77. The predicted octanol–water partition coefficient (Wildman–Crippen LogP) is 2.28. The van der Waals surface area contributed by atoms with E-state index in [1.807, 2.05) is 0 Å². The molecule has 1 aromatic rings. The van der Waals surface area contributed by atoms with Crippen molar-refractivity contribution in [3.8, 4) is 0 Å². The number of carbonyl (C=O) groups is 1. The fourth-order valence-electron chi connectivity index (χ4n) is 1.71. The minimum atomic E-state index is -0.378. The van der Waals surface area contributed by atoms with E-state index in [1.165, 1.54) is 6.07 Å². The Bertz CT molecular complexity index is 405. The normalized spacial score (nSPS) is 19.8. The predicted molar refractivity (Wildman–Crippen MR) is 63.8 cm³/mol. The molecule has 1 fully saturated rings. The lowest BCUT2D eigenvalue weighted by Gasteiger charge is -2.11. The van der Waals surface area contributed by atoms with E-state index >= 15 is 0 Å². The maximum absolute atomic E-state index is 13.2. The van der Waals surface area contributed by atoms with Gasteiger partial charge < -0.3 is 10.6 Å². The highest BCUT2D eigenvalue weighted by atomic mass is 79.9. The zero-order valence-electron chi connectivity index (χ0n) is 8.59. The van der Waals surface area contributed by atoms with Gasteiger partial charge in [0.15, 0.2) is 0 Å². The minimum absolute atomic E-state index is 0.0979. The summed E-state index contributed by atoms with van der Waals surface area (Å²) >= 11 is 3.06. The fourth-order valence-corrected chi connectivity index (χ4v) is 1.96. The second kappa shape index (κ2) is 4.93. The Morgan fingerprint density at radius 2 is 2.38 bits per heavy atom. The Balaban J connectivity index is 2.02. The first-order valence-electron chi connectivity index (χ1n) is 5.16. The maximum Gasteiger partial charge on any atom is 0.241 e. The smallest absolute Gasteiger partial charge is 0.241 e. The molecule has 86 valence electrons. The highest BCUT2D eigenvalue weighted by Crippen LogP contribution is 2.19. The number of nitrogens with one attached hydrogen (secondary N) is 2. The number of carbonyl (C=O) groups excluding carboxylic acids is 1. The van der Waals surface area contributed by atoms with E-state index in [1.54, 1.807) is 12.1 Å². The van der Waals surface area contributed by atoms with Crippen LogP contribution in [-0.4, -0.2) is 18.5 Å². The Labute approximate surface area is 102 Å². The standard InChI is InChI=1S/C11H12BrFN2O/c12-8-4-3-7(6-9(8)13)15-11(16)10-2-1-5-14-10/h3-4,6,10,14H,1-2,5H2,(H,15,16)/t10-/m0/s1. The highest BCUT2D eigenvalue weighted by molar-refractivity contribution is 9.10. The van der Waals surface area contributed by atoms with Crippen molar-refractivity contribution in [1.82, 2.24) is 5.32 Å². The third kappa shape index (κ3) is 2.59. The molecule has 1 heterocycles. The summed E-state index contributed by atoms with van der Waals surface area (Å²) in [5.41, 5.74) is 0.486. The van der Waals surface area contributed by atoms with Crippen molar-refractivity contribution in [2.24, 2.45) is 0 Å². The number of amides is 1. The van der Waals surface area contributed by atoms with Gasteiger partial charge in [-0.25, -0.2) is 4.39 Å². The van der Waals surface area contributed by atoms with Crippen molar-refractivity contribution in [3.63, 3.8) is 0 Å². The lowest BCUT2D eigenvalue weighted by molar-refractivity contribution is -0.117. The third-order valence-electron chi connectivity index (χ3n) is 2.56. The highest BCUT2D eigenvalue weighted by Gasteiger charge is 2.21. The van der Waals surface area contributed by atoms with Gasteiger partial charge in [0.25, 0.3) is 0 Å². The molecule has 2 rings (SSSR count). The van der Waals surface area contributed by atoms with Gasteiger partial charge in [-0.05, 0) is 53.5 Å². The minimum Gasteiger partial charge on any atom is -0.325 e. The van der Waals surface area contributed by atoms with E-state index in [4.69, 9.17) is 0 Å². The van der Waals surface area contributed by atoms with E-state index in [-0.39, 0.29) is 17.8 Å². The van der Waals surface area contributed by atoms with E-state index < -0.39 is 0 Å². The molecule has 0 bridgehead atoms. The van der Waals surface area contributed by atoms with Crippen LogP contribution in [-0.2, 0) is 4.79 Å². The molecule has 1 aliphatic rings. The second-order valence-electron chi connectivity index (χ2n) is 3.77. The lowest BCUT2D eigenvalue weighted by atomic mass is 10.2. The van der Waals surface area contributed by atoms with Crippen LogP contribution in [0.4, 0.5) is 10.1 Å². The van der Waals surface area contributed by atoms with Crippen LogP contribution in [0.15, 0.2) is 22.7 Å². The molecule has 1 saturated heterocycles. The molecule has 0 saturated carbocycles. The third-order valence-corrected chi connectivity index (χ3v) is 3.21. The van der Waals surface area contributed by atoms with E-state index in [2.05, 4.69) is 26.6 Å². The fraction of sp³-hybridized carbons (Fsp3) is 0.364. The summed E-state index contributed by atoms with van der Waals surface area (Å²) in [6, 6.07) is 4.40. The summed E-state index contributed by atoms with van der Waals surface area (Å²) < 4.78 is 13.6. The quantitative estimate of drug-likeness (QED) is 0.876. The van der Waals surface area contributed by atoms with Gasteiger partial charge in [-0.1, -0.05) is 0 Å². The Kier molecular flexibility index (Phi) is 3.56. The molecule has 3 nitrogen and oxygen atoms in total. The Morgan fingerprint density at radius 3 is 3.00 bits per heavy atom. The first-order chi connectivity index (χ1) is 7.66. The van der Waals surface area contributed by atoms with Gasteiger partial charge in [-0.15, -0.1) is 0 Å². The topological polar surface area (TPSA) is 41.1 Å². The van der Waals surface area contributed by atoms with Crippen molar-refractivity contribution in [2.75, 3.05) is 11.9 Å². The van der Waals surface area contributed by atoms with Gasteiger partial charge >= 0.3 is 0 Å². The zero-order chi connectivity index (χ0) is 11.5. The number of anilines is 1.